The zero-order chi connectivity index (χ0) is 12.0. The first-order chi connectivity index (χ1) is 8.18. The molecule has 3 nitrogen and oxygen atoms in total. The van der Waals surface area contributed by atoms with Crippen LogP contribution in [0.2, 0.25) is 0 Å². The van der Waals surface area contributed by atoms with Crippen LogP contribution in [-0.4, -0.2) is 9.78 Å². The van der Waals surface area contributed by atoms with E-state index in [4.69, 9.17) is 5.73 Å². The van der Waals surface area contributed by atoms with Gasteiger partial charge in [0.25, 0.3) is 0 Å². The lowest BCUT2D eigenvalue weighted by Crippen LogP contribution is -2.06. The Hall–Kier alpha value is -1.61. The largest absolute Gasteiger partial charge is 0.324 e. The normalized spacial score (nSPS) is 18.4. The molecule has 1 unspecified atom stereocenters. The fourth-order valence-corrected chi connectivity index (χ4v) is 2.75. The zero-order valence-corrected chi connectivity index (χ0v) is 10.3. The molecular weight excluding hydrogens is 210 g/mol. The molecule has 0 spiro atoms. The van der Waals surface area contributed by atoms with E-state index < -0.39 is 0 Å². The van der Waals surface area contributed by atoms with Gasteiger partial charge in [-0.2, -0.15) is 5.10 Å². The number of hydrogen-bond acceptors (Lipinski definition) is 2. The lowest BCUT2D eigenvalue weighted by molar-refractivity contribution is 0.684. The average Bonchev–Trinajstić information content (AvgIpc) is 2.83. The number of para-hydroxylation sites is 1. The van der Waals surface area contributed by atoms with Crippen molar-refractivity contribution in [2.45, 2.75) is 32.7 Å². The molecule has 3 heteroatoms. The molecule has 1 aliphatic rings. The Morgan fingerprint density at radius 1 is 1.29 bits per heavy atom. The van der Waals surface area contributed by atoms with E-state index in [9.17, 15) is 0 Å². The Bertz CT molecular complexity index is 569. The molecule has 0 bridgehead atoms. The first-order valence-electron chi connectivity index (χ1n) is 6.08. The zero-order valence-electron chi connectivity index (χ0n) is 10.3. The molecule has 88 valence electrons. The molecule has 1 atom stereocenters. The molecule has 0 saturated carbocycles. The molecule has 1 aliphatic carbocycles. The summed E-state index contributed by atoms with van der Waals surface area (Å²) in [5.41, 5.74) is 12.2. The van der Waals surface area contributed by atoms with Crippen LogP contribution in [0.1, 0.15) is 35.0 Å². The van der Waals surface area contributed by atoms with Crippen LogP contribution in [0.25, 0.3) is 5.69 Å². The van der Waals surface area contributed by atoms with Gasteiger partial charge in [0.1, 0.15) is 0 Å². The molecule has 2 N–H and O–H groups in total. The first kappa shape index (κ1) is 10.5. The second kappa shape index (κ2) is 3.70. The smallest absolute Gasteiger partial charge is 0.0678 e. The maximum Gasteiger partial charge on any atom is 0.0678 e. The summed E-state index contributed by atoms with van der Waals surface area (Å²) in [5, 5.41) is 4.65. The number of rotatable bonds is 1. The lowest BCUT2D eigenvalue weighted by Gasteiger charge is -2.08. The Morgan fingerprint density at radius 3 is 2.82 bits per heavy atom. The number of benzene rings is 1. The molecule has 0 radical (unpaired) electrons. The van der Waals surface area contributed by atoms with E-state index in [-0.39, 0.29) is 6.04 Å². The topological polar surface area (TPSA) is 43.8 Å². The maximum absolute atomic E-state index is 6.12. The van der Waals surface area contributed by atoms with E-state index in [0.717, 1.165) is 18.5 Å². The predicted octanol–water partition coefficient (Wildman–Crippen LogP) is 2.44. The van der Waals surface area contributed by atoms with Crippen molar-refractivity contribution >= 4 is 0 Å². The van der Waals surface area contributed by atoms with Crippen molar-refractivity contribution in [3.8, 4) is 5.69 Å². The SMILES string of the molecule is Cc1ccccc1-n1nc(C)c2c1CCC2N. The molecule has 1 aromatic carbocycles. The summed E-state index contributed by atoms with van der Waals surface area (Å²) in [6.45, 7) is 4.17. The molecule has 1 heterocycles. The minimum absolute atomic E-state index is 0.169. The van der Waals surface area contributed by atoms with Gasteiger partial charge in [-0.3, -0.25) is 0 Å². The van der Waals surface area contributed by atoms with Crippen molar-refractivity contribution < 1.29 is 0 Å². The van der Waals surface area contributed by atoms with Gasteiger partial charge in [0, 0.05) is 17.3 Å². The fraction of sp³-hybridized carbons (Fsp3) is 0.357. The number of nitrogens with two attached hydrogens (primary N) is 1. The van der Waals surface area contributed by atoms with Crippen LogP contribution < -0.4 is 5.73 Å². The summed E-state index contributed by atoms with van der Waals surface area (Å²) >= 11 is 0. The summed E-state index contributed by atoms with van der Waals surface area (Å²) in [5.74, 6) is 0. The third-order valence-electron chi connectivity index (χ3n) is 3.61. The summed E-state index contributed by atoms with van der Waals surface area (Å²) in [6, 6.07) is 8.52. The predicted molar refractivity (Wildman–Crippen MR) is 68.3 cm³/mol. The number of aromatic nitrogens is 2. The molecule has 0 amide bonds. The monoisotopic (exact) mass is 227 g/mol. The van der Waals surface area contributed by atoms with Crippen LogP contribution >= 0.6 is 0 Å². The van der Waals surface area contributed by atoms with E-state index in [1.54, 1.807) is 0 Å². The third kappa shape index (κ3) is 1.50. The Morgan fingerprint density at radius 2 is 2.06 bits per heavy atom. The fourth-order valence-electron chi connectivity index (χ4n) is 2.75. The van der Waals surface area contributed by atoms with Gasteiger partial charge < -0.3 is 5.73 Å². The number of nitrogens with zero attached hydrogens (tertiary/aromatic N) is 2. The molecule has 0 fully saturated rings. The molecule has 2 aromatic rings. The van der Waals surface area contributed by atoms with Crippen LogP contribution in [0, 0.1) is 13.8 Å². The number of hydrogen-bond donors (Lipinski definition) is 1. The summed E-state index contributed by atoms with van der Waals surface area (Å²) in [6.07, 6.45) is 2.07. The van der Waals surface area contributed by atoms with Crippen LogP contribution in [0.3, 0.4) is 0 Å². The van der Waals surface area contributed by atoms with Crippen molar-refractivity contribution in [1.29, 1.82) is 0 Å². The van der Waals surface area contributed by atoms with Crippen molar-refractivity contribution in [3.63, 3.8) is 0 Å². The van der Waals surface area contributed by atoms with Gasteiger partial charge >= 0.3 is 0 Å². The van der Waals surface area contributed by atoms with Gasteiger partial charge in [0.05, 0.1) is 11.4 Å². The van der Waals surface area contributed by atoms with E-state index in [1.165, 1.54) is 22.5 Å². The van der Waals surface area contributed by atoms with Gasteiger partial charge in [0.2, 0.25) is 0 Å². The van der Waals surface area contributed by atoms with Crippen molar-refractivity contribution in [3.05, 3.63) is 46.8 Å². The molecular formula is C14H17N3. The molecule has 3 rings (SSSR count). The third-order valence-corrected chi connectivity index (χ3v) is 3.61. The molecule has 0 aliphatic heterocycles. The summed E-state index contributed by atoms with van der Waals surface area (Å²) in [7, 11) is 0. The highest BCUT2D eigenvalue weighted by atomic mass is 15.3. The quantitative estimate of drug-likeness (QED) is 0.813. The van der Waals surface area contributed by atoms with E-state index in [1.807, 2.05) is 0 Å². The Labute approximate surface area is 101 Å². The second-order valence-corrected chi connectivity index (χ2v) is 4.79. The van der Waals surface area contributed by atoms with Crippen LogP contribution in [0.15, 0.2) is 24.3 Å². The van der Waals surface area contributed by atoms with E-state index >= 15 is 0 Å². The summed E-state index contributed by atoms with van der Waals surface area (Å²) in [4.78, 5) is 0. The number of aryl methyl sites for hydroxylation is 2. The highest BCUT2D eigenvalue weighted by Crippen LogP contribution is 2.33. The Kier molecular flexibility index (Phi) is 2.30. The molecule has 0 saturated heterocycles. The standard InChI is InChI=1S/C14H17N3/c1-9-5-3-4-6-12(9)17-13-8-7-11(15)14(13)10(2)16-17/h3-6,11H,7-8,15H2,1-2H3. The van der Waals surface area contributed by atoms with Crippen molar-refractivity contribution in [2.75, 3.05) is 0 Å². The Balaban J connectivity index is 2.21. The van der Waals surface area contributed by atoms with Crippen molar-refractivity contribution in [1.82, 2.24) is 9.78 Å². The van der Waals surface area contributed by atoms with Gasteiger partial charge in [-0.15, -0.1) is 0 Å². The molecule has 17 heavy (non-hydrogen) atoms. The molecule has 1 aromatic heterocycles. The van der Waals surface area contributed by atoms with Gasteiger partial charge in [0.15, 0.2) is 0 Å². The van der Waals surface area contributed by atoms with Gasteiger partial charge in [-0.25, -0.2) is 4.68 Å². The van der Waals surface area contributed by atoms with Gasteiger partial charge in [-0.1, -0.05) is 18.2 Å². The minimum atomic E-state index is 0.169. The summed E-state index contributed by atoms with van der Waals surface area (Å²) < 4.78 is 2.08. The number of fused-ring (bicyclic) bond motifs is 1. The first-order valence-corrected chi connectivity index (χ1v) is 6.08. The van der Waals surface area contributed by atoms with Gasteiger partial charge in [-0.05, 0) is 38.3 Å². The van der Waals surface area contributed by atoms with Crippen LogP contribution in [0.4, 0.5) is 0 Å². The maximum atomic E-state index is 6.12. The average molecular weight is 227 g/mol. The van der Waals surface area contributed by atoms with Crippen LogP contribution in [-0.2, 0) is 6.42 Å². The lowest BCUT2D eigenvalue weighted by atomic mass is 10.1. The minimum Gasteiger partial charge on any atom is -0.324 e. The van der Waals surface area contributed by atoms with Crippen LogP contribution in [0.5, 0.6) is 0 Å². The van der Waals surface area contributed by atoms with E-state index in [2.05, 4.69) is 47.9 Å². The van der Waals surface area contributed by atoms with Crippen molar-refractivity contribution in [2.24, 2.45) is 5.73 Å². The van der Waals surface area contributed by atoms with E-state index in [0.29, 0.717) is 0 Å². The highest BCUT2D eigenvalue weighted by Gasteiger charge is 2.27. The highest BCUT2D eigenvalue weighted by molar-refractivity contribution is 5.45. The second-order valence-electron chi connectivity index (χ2n) is 4.79.